The number of carbonyl (C=O) groups is 2. The molecule has 1 aliphatic rings. The number of hydrogen-bond donors (Lipinski definition) is 2. The minimum atomic E-state index is -3.14. The largest absolute Gasteiger partial charge is 0.481 e. The summed E-state index contributed by atoms with van der Waals surface area (Å²) in [5, 5.41) is 11.7. The molecule has 0 aromatic rings. The SMILES string of the molecule is CS(=O)(=O)CCC(=O)NCC1CCCCC1C(=O)O. The average Bonchev–Trinajstić information content (AvgIpc) is 2.33. The van der Waals surface area contributed by atoms with Crippen molar-refractivity contribution in [2.24, 2.45) is 11.8 Å². The van der Waals surface area contributed by atoms with E-state index in [2.05, 4.69) is 5.32 Å². The second-order valence-electron chi connectivity index (χ2n) is 5.17. The summed E-state index contributed by atoms with van der Waals surface area (Å²) in [5.74, 6) is -1.76. The molecule has 0 bridgehead atoms. The fourth-order valence-electron chi connectivity index (χ4n) is 2.39. The summed E-state index contributed by atoms with van der Waals surface area (Å²) in [6.45, 7) is 0.319. The number of carboxylic acid groups (broad SMARTS) is 1. The molecule has 2 N–H and O–H groups in total. The first-order chi connectivity index (χ1) is 8.79. The topological polar surface area (TPSA) is 101 Å². The smallest absolute Gasteiger partial charge is 0.306 e. The fourth-order valence-corrected chi connectivity index (χ4v) is 2.94. The van der Waals surface area contributed by atoms with Crippen molar-refractivity contribution < 1.29 is 23.1 Å². The summed E-state index contributed by atoms with van der Waals surface area (Å²) in [4.78, 5) is 22.6. The maximum absolute atomic E-state index is 11.5. The Balaban J connectivity index is 2.37. The molecule has 1 rings (SSSR count). The zero-order valence-corrected chi connectivity index (χ0v) is 11.9. The Labute approximate surface area is 113 Å². The maximum Gasteiger partial charge on any atom is 0.306 e. The van der Waals surface area contributed by atoms with Crippen LogP contribution in [0.2, 0.25) is 0 Å². The van der Waals surface area contributed by atoms with Crippen molar-refractivity contribution in [3.05, 3.63) is 0 Å². The molecule has 2 unspecified atom stereocenters. The molecule has 0 heterocycles. The van der Waals surface area contributed by atoms with Gasteiger partial charge >= 0.3 is 5.97 Å². The molecule has 1 fully saturated rings. The van der Waals surface area contributed by atoms with Gasteiger partial charge in [-0.25, -0.2) is 8.42 Å². The lowest BCUT2D eigenvalue weighted by Crippen LogP contribution is -2.37. The number of carboxylic acids is 1. The Morgan fingerprint density at radius 2 is 1.89 bits per heavy atom. The van der Waals surface area contributed by atoms with Gasteiger partial charge in [0.25, 0.3) is 0 Å². The number of hydrogen-bond acceptors (Lipinski definition) is 4. The van der Waals surface area contributed by atoms with Crippen LogP contribution in [0.25, 0.3) is 0 Å². The second kappa shape index (κ2) is 6.88. The average molecular weight is 291 g/mol. The van der Waals surface area contributed by atoms with E-state index < -0.39 is 21.7 Å². The van der Waals surface area contributed by atoms with Crippen LogP contribution < -0.4 is 5.32 Å². The van der Waals surface area contributed by atoms with Gasteiger partial charge in [0.2, 0.25) is 5.91 Å². The third kappa shape index (κ3) is 6.04. The van der Waals surface area contributed by atoms with Crippen molar-refractivity contribution in [3.8, 4) is 0 Å². The number of sulfone groups is 1. The van der Waals surface area contributed by atoms with Crippen LogP contribution in [0.5, 0.6) is 0 Å². The third-order valence-corrected chi connectivity index (χ3v) is 4.43. The quantitative estimate of drug-likeness (QED) is 0.739. The van der Waals surface area contributed by atoms with Crippen molar-refractivity contribution >= 4 is 21.7 Å². The Kier molecular flexibility index (Phi) is 5.78. The summed E-state index contributed by atoms with van der Waals surface area (Å²) >= 11 is 0. The highest BCUT2D eigenvalue weighted by atomic mass is 32.2. The normalized spacial score (nSPS) is 23.8. The highest BCUT2D eigenvalue weighted by Crippen LogP contribution is 2.29. The van der Waals surface area contributed by atoms with E-state index in [1.165, 1.54) is 0 Å². The van der Waals surface area contributed by atoms with Gasteiger partial charge in [-0.15, -0.1) is 0 Å². The summed E-state index contributed by atoms with van der Waals surface area (Å²) in [7, 11) is -3.14. The first kappa shape index (κ1) is 15.9. The molecule has 110 valence electrons. The van der Waals surface area contributed by atoms with Gasteiger partial charge in [0.1, 0.15) is 9.84 Å². The number of nitrogens with one attached hydrogen (secondary N) is 1. The fraction of sp³-hybridized carbons (Fsp3) is 0.833. The van der Waals surface area contributed by atoms with Crippen LogP contribution in [0.3, 0.4) is 0 Å². The first-order valence-corrected chi connectivity index (χ1v) is 8.53. The van der Waals surface area contributed by atoms with E-state index in [9.17, 15) is 18.0 Å². The van der Waals surface area contributed by atoms with E-state index in [-0.39, 0.29) is 24.0 Å². The maximum atomic E-state index is 11.5. The predicted octanol–water partition coefficient (Wildman–Crippen LogP) is 0.428. The van der Waals surface area contributed by atoms with E-state index >= 15 is 0 Å². The molecular formula is C12H21NO5S. The van der Waals surface area contributed by atoms with Crippen LogP contribution in [-0.2, 0) is 19.4 Å². The van der Waals surface area contributed by atoms with Gasteiger partial charge in [-0.1, -0.05) is 12.8 Å². The lowest BCUT2D eigenvalue weighted by molar-refractivity contribution is -0.145. The van der Waals surface area contributed by atoms with E-state index in [0.29, 0.717) is 13.0 Å². The molecule has 0 aromatic carbocycles. The molecule has 0 spiro atoms. The molecule has 19 heavy (non-hydrogen) atoms. The van der Waals surface area contributed by atoms with Gasteiger partial charge in [0.05, 0.1) is 11.7 Å². The molecule has 7 heteroatoms. The van der Waals surface area contributed by atoms with Gasteiger partial charge in [-0.05, 0) is 18.8 Å². The number of carbonyl (C=O) groups excluding carboxylic acids is 1. The minimum Gasteiger partial charge on any atom is -0.481 e. The van der Waals surface area contributed by atoms with Crippen LogP contribution >= 0.6 is 0 Å². The molecule has 0 aliphatic heterocycles. The number of rotatable bonds is 6. The van der Waals surface area contributed by atoms with E-state index in [4.69, 9.17) is 5.11 Å². The van der Waals surface area contributed by atoms with E-state index in [1.54, 1.807) is 0 Å². The predicted molar refractivity (Wildman–Crippen MR) is 70.4 cm³/mol. The third-order valence-electron chi connectivity index (χ3n) is 3.49. The van der Waals surface area contributed by atoms with Crippen LogP contribution in [-0.4, -0.2) is 44.0 Å². The van der Waals surface area contributed by atoms with Gasteiger partial charge in [-0.3, -0.25) is 9.59 Å². The van der Waals surface area contributed by atoms with Gasteiger partial charge in [-0.2, -0.15) is 0 Å². The molecular weight excluding hydrogens is 270 g/mol. The van der Waals surface area contributed by atoms with E-state index in [1.807, 2.05) is 0 Å². The van der Waals surface area contributed by atoms with E-state index in [0.717, 1.165) is 25.5 Å². The molecule has 1 saturated carbocycles. The Bertz CT molecular complexity index is 431. The van der Waals surface area contributed by atoms with Crippen molar-refractivity contribution in [2.45, 2.75) is 32.1 Å². The van der Waals surface area contributed by atoms with Crippen LogP contribution in [0, 0.1) is 11.8 Å². The van der Waals surface area contributed by atoms with Crippen LogP contribution in [0.4, 0.5) is 0 Å². The first-order valence-electron chi connectivity index (χ1n) is 6.47. The van der Waals surface area contributed by atoms with Crippen LogP contribution in [0.15, 0.2) is 0 Å². The second-order valence-corrected chi connectivity index (χ2v) is 7.43. The summed E-state index contributed by atoms with van der Waals surface area (Å²) in [6, 6.07) is 0. The highest BCUT2D eigenvalue weighted by Gasteiger charge is 2.30. The highest BCUT2D eigenvalue weighted by molar-refractivity contribution is 7.90. The molecule has 6 nitrogen and oxygen atoms in total. The Morgan fingerprint density at radius 3 is 2.47 bits per heavy atom. The zero-order valence-electron chi connectivity index (χ0n) is 11.1. The Hall–Kier alpha value is -1.11. The molecule has 1 amide bonds. The lowest BCUT2D eigenvalue weighted by atomic mass is 9.79. The summed E-state index contributed by atoms with van der Waals surface area (Å²) in [5.41, 5.74) is 0. The Morgan fingerprint density at radius 1 is 1.26 bits per heavy atom. The van der Waals surface area contributed by atoms with Gasteiger partial charge in [0, 0.05) is 19.2 Å². The molecule has 2 atom stereocenters. The van der Waals surface area contributed by atoms with Crippen molar-refractivity contribution in [1.29, 1.82) is 0 Å². The monoisotopic (exact) mass is 291 g/mol. The van der Waals surface area contributed by atoms with Gasteiger partial charge in [0.15, 0.2) is 0 Å². The standard InChI is InChI=1S/C12H21NO5S/c1-19(17,18)7-6-11(14)13-8-9-4-2-3-5-10(9)12(15)16/h9-10H,2-8H2,1H3,(H,13,14)(H,15,16). The minimum absolute atomic E-state index is 0.0477. The summed E-state index contributed by atoms with van der Waals surface area (Å²) in [6.07, 6.45) is 4.36. The van der Waals surface area contributed by atoms with Gasteiger partial charge < -0.3 is 10.4 Å². The molecule has 0 radical (unpaired) electrons. The van der Waals surface area contributed by atoms with Crippen molar-refractivity contribution in [2.75, 3.05) is 18.6 Å². The zero-order chi connectivity index (χ0) is 14.5. The molecule has 0 aromatic heterocycles. The van der Waals surface area contributed by atoms with Crippen molar-refractivity contribution in [1.82, 2.24) is 5.32 Å². The lowest BCUT2D eigenvalue weighted by Gasteiger charge is -2.28. The van der Waals surface area contributed by atoms with Crippen LogP contribution in [0.1, 0.15) is 32.1 Å². The number of aliphatic carboxylic acids is 1. The molecule has 0 saturated heterocycles. The number of amides is 1. The van der Waals surface area contributed by atoms with Crippen molar-refractivity contribution in [3.63, 3.8) is 0 Å². The molecule has 1 aliphatic carbocycles. The summed E-state index contributed by atoms with van der Waals surface area (Å²) < 4.78 is 21.9.